The molecule has 1 saturated carbocycles. The van der Waals surface area contributed by atoms with E-state index in [1.165, 1.54) is 10.5 Å². The molecule has 4 rings (SSSR count). The first kappa shape index (κ1) is 29.1. The van der Waals surface area contributed by atoms with Gasteiger partial charge in [-0.3, -0.25) is 24.2 Å². The van der Waals surface area contributed by atoms with Crippen LogP contribution < -0.4 is 4.74 Å². The van der Waals surface area contributed by atoms with Crippen LogP contribution in [0.2, 0.25) is 5.02 Å². The van der Waals surface area contributed by atoms with Crippen molar-refractivity contribution in [2.45, 2.75) is 70.9 Å². The molecule has 2 aromatic carbocycles. The zero-order valence-corrected chi connectivity index (χ0v) is 23.7. The maximum absolute atomic E-state index is 11.9. The quantitative estimate of drug-likeness (QED) is 0.329. The number of ether oxygens (including phenoxy) is 1. The lowest BCUT2D eigenvalue weighted by Gasteiger charge is -2.35. The molecule has 210 valence electrons. The van der Waals surface area contributed by atoms with Crippen molar-refractivity contribution in [3.63, 3.8) is 0 Å². The fraction of sp³-hybridized carbons (Fsp3) is 0.516. The van der Waals surface area contributed by atoms with Gasteiger partial charge in [0, 0.05) is 43.5 Å². The number of carboxylic acid groups (broad SMARTS) is 1. The number of carboxylic acids is 1. The van der Waals surface area contributed by atoms with Crippen molar-refractivity contribution in [1.82, 2.24) is 9.80 Å². The number of hydrogen-bond acceptors (Lipinski definition) is 5. The van der Waals surface area contributed by atoms with Gasteiger partial charge in [-0.05, 0) is 86.3 Å². The Labute approximate surface area is 236 Å². The van der Waals surface area contributed by atoms with Crippen LogP contribution in [0.5, 0.6) is 5.75 Å². The lowest BCUT2D eigenvalue weighted by atomic mass is 9.81. The highest BCUT2D eigenvalue weighted by atomic mass is 35.5. The average molecular weight is 555 g/mol. The highest BCUT2D eigenvalue weighted by Crippen LogP contribution is 2.33. The molecule has 0 aromatic heterocycles. The smallest absolute Gasteiger partial charge is 0.306 e. The van der Waals surface area contributed by atoms with Crippen molar-refractivity contribution in [3.8, 4) is 5.75 Å². The van der Waals surface area contributed by atoms with Crippen molar-refractivity contribution in [3.05, 3.63) is 64.2 Å². The molecular weight excluding hydrogens is 516 g/mol. The number of carbonyl (C=O) groups is 3. The van der Waals surface area contributed by atoms with Gasteiger partial charge in [0.1, 0.15) is 5.75 Å². The Kier molecular flexibility index (Phi) is 10.0. The first-order valence-electron chi connectivity index (χ1n) is 14.0. The van der Waals surface area contributed by atoms with Crippen LogP contribution in [-0.2, 0) is 27.3 Å². The molecule has 7 nitrogen and oxygen atoms in total. The van der Waals surface area contributed by atoms with Crippen LogP contribution in [0.25, 0.3) is 0 Å². The molecule has 8 heteroatoms. The van der Waals surface area contributed by atoms with Crippen LogP contribution in [0, 0.1) is 11.8 Å². The van der Waals surface area contributed by atoms with Gasteiger partial charge in [-0.25, -0.2) is 0 Å². The number of amides is 2. The molecule has 1 N–H and O–H groups in total. The summed E-state index contributed by atoms with van der Waals surface area (Å²) >= 11 is 6.14. The van der Waals surface area contributed by atoms with Gasteiger partial charge in [0.05, 0.1) is 13.0 Å². The SMILES string of the molecule is COc1cc(CN(CC2CCC(C(=O)O)CC2)[C@@H](C)c2ccc(Cl)cc2)ccc1CCCN1C(=O)CCC1=O. The summed E-state index contributed by atoms with van der Waals surface area (Å²) in [6.07, 6.45) is 5.38. The normalized spacial score (nSPS) is 20.5. The van der Waals surface area contributed by atoms with Crippen molar-refractivity contribution >= 4 is 29.4 Å². The zero-order chi connectivity index (χ0) is 27.9. The van der Waals surface area contributed by atoms with E-state index in [-0.39, 0.29) is 23.8 Å². The minimum absolute atomic E-state index is 0.0753. The summed E-state index contributed by atoms with van der Waals surface area (Å²) in [7, 11) is 1.67. The van der Waals surface area contributed by atoms with Gasteiger partial charge in [-0.2, -0.15) is 0 Å². The van der Waals surface area contributed by atoms with E-state index < -0.39 is 5.97 Å². The highest BCUT2D eigenvalue weighted by molar-refractivity contribution is 6.30. The third-order valence-electron chi connectivity index (χ3n) is 8.31. The molecule has 39 heavy (non-hydrogen) atoms. The largest absolute Gasteiger partial charge is 0.496 e. The number of halogens is 1. The Morgan fingerprint density at radius 3 is 2.36 bits per heavy atom. The Bertz CT molecular complexity index is 1140. The standard InChI is InChI=1S/C31H39ClN2O5/c1-21(24-11-13-27(32)14-12-24)33(19-22-5-9-26(10-6-22)31(37)38)20-23-7-8-25(28(18-23)39-2)4-3-17-34-29(35)15-16-30(34)36/h7-8,11-14,18,21-22,26H,3-6,9-10,15-17,19-20H2,1-2H3,(H,37,38)/t21-,22?,26?/m0/s1. The summed E-state index contributed by atoms with van der Waals surface area (Å²) in [5.74, 6) is 0.218. The number of nitrogens with zero attached hydrogens (tertiary/aromatic N) is 2. The Morgan fingerprint density at radius 2 is 1.74 bits per heavy atom. The van der Waals surface area contributed by atoms with E-state index in [4.69, 9.17) is 16.3 Å². The van der Waals surface area contributed by atoms with Gasteiger partial charge in [0.15, 0.2) is 0 Å². The number of aryl methyl sites for hydroxylation is 1. The van der Waals surface area contributed by atoms with Crippen molar-refractivity contribution in [2.24, 2.45) is 11.8 Å². The van der Waals surface area contributed by atoms with Crippen LogP contribution in [0.15, 0.2) is 42.5 Å². The lowest BCUT2D eigenvalue weighted by molar-refractivity contribution is -0.143. The summed E-state index contributed by atoms with van der Waals surface area (Å²) in [6, 6.07) is 14.4. The molecule has 2 aromatic rings. The second-order valence-corrected chi connectivity index (χ2v) is 11.3. The van der Waals surface area contributed by atoms with E-state index in [1.807, 2.05) is 12.1 Å². The van der Waals surface area contributed by atoms with Crippen LogP contribution in [0.3, 0.4) is 0 Å². The monoisotopic (exact) mass is 554 g/mol. The minimum Gasteiger partial charge on any atom is -0.496 e. The summed E-state index contributed by atoms with van der Waals surface area (Å²) in [4.78, 5) is 39.1. The number of rotatable bonds is 12. The number of methoxy groups -OCH3 is 1. The van der Waals surface area contributed by atoms with Gasteiger partial charge in [-0.15, -0.1) is 0 Å². The predicted octanol–water partition coefficient (Wildman–Crippen LogP) is 5.88. The second-order valence-electron chi connectivity index (χ2n) is 10.9. The van der Waals surface area contributed by atoms with Gasteiger partial charge in [0.2, 0.25) is 11.8 Å². The fourth-order valence-corrected chi connectivity index (χ4v) is 5.99. The van der Waals surface area contributed by atoms with Gasteiger partial charge < -0.3 is 9.84 Å². The number of imide groups is 1. The maximum Gasteiger partial charge on any atom is 0.306 e. The Morgan fingerprint density at radius 1 is 1.08 bits per heavy atom. The summed E-state index contributed by atoms with van der Waals surface area (Å²) < 4.78 is 5.74. The molecular formula is C31H39ClN2O5. The molecule has 2 aliphatic rings. The summed E-state index contributed by atoms with van der Waals surface area (Å²) in [5.41, 5.74) is 3.39. The molecule has 1 heterocycles. The van der Waals surface area contributed by atoms with E-state index in [0.29, 0.717) is 36.7 Å². The third kappa shape index (κ3) is 7.61. The molecule has 1 aliphatic heterocycles. The van der Waals surface area contributed by atoms with E-state index in [1.54, 1.807) is 7.11 Å². The van der Waals surface area contributed by atoms with Gasteiger partial charge in [0.25, 0.3) is 0 Å². The van der Waals surface area contributed by atoms with E-state index >= 15 is 0 Å². The molecule has 1 atom stereocenters. The Hall–Kier alpha value is -2.90. The molecule has 2 amide bonds. The predicted molar refractivity (Wildman–Crippen MR) is 151 cm³/mol. The van der Waals surface area contributed by atoms with E-state index in [2.05, 4.69) is 42.2 Å². The lowest BCUT2D eigenvalue weighted by Crippen LogP contribution is -2.34. The maximum atomic E-state index is 11.9. The van der Waals surface area contributed by atoms with Crippen molar-refractivity contribution in [1.29, 1.82) is 0 Å². The van der Waals surface area contributed by atoms with E-state index in [9.17, 15) is 19.5 Å². The minimum atomic E-state index is -0.675. The van der Waals surface area contributed by atoms with Crippen LogP contribution in [0.4, 0.5) is 0 Å². The first-order valence-corrected chi connectivity index (χ1v) is 14.3. The number of benzene rings is 2. The van der Waals surface area contributed by atoms with Gasteiger partial charge in [-0.1, -0.05) is 35.9 Å². The summed E-state index contributed by atoms with van der Waals surface area (Å²) in [5, 5.41) is 10.1. The van der Waals surface area contributed by atoms with Crippen molar-refractivity contribution < 1.29 is 24.2 Å². The Balaban J connectivity index is 1.45. The zero-order valence-electron chi connectivity index (χ0n) is 22.9. The fourth-order valence-electron chi connectivity index (χ4n) is 5.86. The molecule has 0 radical (unpaired) electrons. The highest BCUT2D eigenvalue weighted by Gasteiger charge is 2.29. The molecule has 1 aliphatic carbocycles. The number of likely N-dealkylation sites (tertiary alicyclic amines) is 1. The first-order chi connectivity index (χ1) is 18.7. The molecule has 2 fully saturated rings. The third-order valence-corrected chi connectivity index (χ3v) is 8.56. The number of aliphatic carboxylic acids is 1. The van der Waals surface area contributed by atoms with Crippen molar-refractivity contribution in [2.75, 3.05) is 20.2 Å². The summed E-state index contributed by atoms with van der Waals surface area (Å²) in [6.45, 7) is 4.27. The molecule has 1 saturated heterocycles. The topological polar surface area (TPSA) is 87.2 Å². The van der Waals surface area contributed by atoms with Crippen LogP contribution in [-0.4, -0.2) is 52.9 Å². The average Bonchev–Trinajstić information content (AvgIpc) is 3.26. The van der Waals surface area contributed by atoms with Crippen LogP contribution in [0.1, 0.15) is 74.6 Å². The molecule has 0 bridgehead atoms. The molecule has 0 unspecified atom stereocenters. The second kappa shape index (κ2) is 13.4. The van der Waals surface area contributed by atoms with Crippen LogP contribution >= 0.6 is 11.6 Å². The van der Waals surface area contributed by atoms with E-state index in [0.717, 1.165) is 62.1 Å². The van der Waals surface area contributed by atoms with Gasteiger partial charge >= 0.3 is 5.97 Å². The molecule has 0 spiro atoms. The number of carbonyl (C=O) groups excluding carboxylic acids is 2. The number of hydrogen-bond donors (Lipinski definition) is 1.